The highest BCUT2D eigenvalue weighted by atomic mass is 16.7. The average Bonchev–Trinajstić information content (AvgIpc) is 3.30. The Hall–Kier alpha value is -0.160. The highest BCUT2D eigenvalue weighted by molar-refractivity contribution is 4.91. The highest BCUT2D eigenvalue weighted by Crippen LogP contribution is 2.48. The molecule has 0 amide bonds. The second-order valence-corrected chi connectivity index (χ2v) is 10.4. The molecule has 0 bridgehead atoms. The lowest BCUT2D eigenvalue weighted by Crippen LogP contribution is -2.39. The second-order valence-electron chi connectivity index (χ2n) is 10.4. The Morgan fingerprint density at radius 2 is 1.58 bits per heavy atom. The van der Waals surface area contributed by atoms with Gasteiger partial charge < -0.3 is 18.9 Å². The molecule has 4 heteroatoms. The molecule has 2 saturated heterocycles. The highest BCUT2D eigenvalue weighted by Gasteiger charge is 2.48. The first-order valence-electron chi connectivity index (χ1n) is 10.9. The van der Waals surface area contributed by atoms with Crippen LogP contribution in [0.5, 0.6) is 0 Å². The Labute approximate surface area is 159 Å². The molecule has 4 aliphatic rings. The lowest BCUT2D eigenvalue weighted by molar-refractivity contribution is -0.198. The zero-order valence-corrected chi connectivity index (χ0v) is 17.2. The summed E-state index contributed by atoms with van der Waals surface area (Å²) >= 11 is 0. The molecule has 2 aliphatic carbocycles. The van der Waals surface area contributed by atoms with Gasteiger partial charge in [-0.3, -0.25) is 0 Å². The van der Waals surface area contributed by atoms with Gasteiger partial charge in [-0.05, 0) is 48.9 Å². The molecule has 2 spiro atoms. The van der Waals surface area contributed by atoms with E-state index >= 15 is 0 Å². The van der Waals surface area contributed by atoms with Gasteiger partial charge in [0.1, 0.15) is 0 Å². The van der Waals surface area contributed by atoms with Crippen LogP contribution in [0.3, 0.4) is 0 Å². The molecule has 0 N–H and O–H groups in total. The molecule has 4 rings (SSSR count). The van der Waals surface area contributed by atoms with E-state index in [-0.39, 0.29) is 17.7 Å². The fraction of sp³-hybridized carbons (Fsp3) is 1.00. The first kappa shape index (κ1) is 19.2. The number of ether oxygens (including phenoxy) is 4. The summed E-state index contributed by atoms with van der Waals surface area (Å²) in [5, 5.41) is 0. The third-order valence-corrected chi connectivity index (χ3v) is 7.61. The van der Waals surface area contributed by atoms with Gasteiger partial charge in [0, 0.05) is 25.7 Å². The van der Waals surface area contributed by atoms with Crippen molar-refractivity contribution in [3.63, 3.8) is 0 Å². The predicted molar refractivity (Wildman–Crippen MR) is 101 cm³/mol. The van der Waals surface area contributed by atoms with Crippen LogP contribution in [-0.4, -0.2) is 37.5 Å². The SMILES string of the molecule is CC(CC1COC2(CCC(C(C)(C)C)CC2)O1)C1CCC2(C1)OCCO2. The summed E-state index contributed by atoms with van der Waals surface area (Å²) in [6.45, 7) is 11.8. The molecular weight excluding hydrogens is 328 g/mol. The molecule has 4 fully saturated rings. The fourth-order valence-corrected chi connectivity index (χ4v) is 5.78. The summed E-state index contributed by atoms with van der Waals surface area (Å²) in [5.74, 6) is 1.58. The standard InChI is InChI=1S/C22H38O4/c1-16(17-5-8-22(14-17)23-11-12-24-22)13-19-15-25-21(26-19)9-6-18(7-10-21)20(2,3)4/h16-19H,5-15H2,1-4H3. The molecule has 3 unspecified atom stereocenters. The number of hydrogen-bond acceptors (Lipinski definition) is 4. The molecule has 150 valence electrons. The molecule has 0 aromatic carbocycles. The van der Waals surface area contributed by atoms with Crippen LogP contribution in [0, 0.1) is 23.2 Å². The van der Waals surface area contributed by atoms with Crippen molar-refractivity contribution in [1.82, 2.24) is 0 Å². The van der Waals surface area contributed by atoms with Crippen molar-refractivity contribution >= 4 is 0 Å². The van der Waals surface area contributed by atoms with Crippen LogP contribution in [0.4, 0.5) is 0 Å². The minimum Gasteiger partial charge on any atom is -0.348 e. The average molecular weight is 367 g/mol. The van der Waals surface area contributed by atoms with E-state index in [4.69, 9.17) is 18.9 Å². The van der Waals surface area contributed by atoms with Gasteiger partial charge in [-0.1, -0.05) is 27.7 Å². The Balaban J connectivity index is 1.26. The minimum absolute atomic E-state index is 0.251. The van der Waals surface area contributed by atoms with Crippen molar-refractivity contribution < 1.29 is 18.9 Å². The van der Waals surface area contributed by atoms with Gasteiger partial charge in [0.2, 0.25) is 0 Å². The molecule has 26 heavy (non-hydrogen) atoms. The zero-order valence-electron chi connectivity index (χ0n) is 17.2. The third kappa shape index (κ3) is 3.85. The van der Waals surface area contributed by atoms with Gasteiger partial charge in [-0.25, -0.2) is 0 Å². The summed E-state index contributed by atoms with van der Waals surface area (Å²) in [6.07, 6.45) is 9.28. The van der Waals surface area contributed by atoms with Crippen LogP contribution in [0.15, 0.2) is 0 Å². The van der Waals surface area contributed by atoms with Crippen LogP contribution in [0.1, 0.15) is 79.1 Å². The van der Waals surface area contributed by atoms with Gasteiger partial charge in [0.25, 0.3) is 0 Å². The van der Waals surface area contributed by atoms with Crippen LogP contribution in [0.25, 0.3) is 0 Å². The molecule has 3 atom stereocenters. The Bertz CT molecular complexity index is 483. The van der Waals surface area contributed by atoms with E-state index in [1.54, 1.807) is 0 Å². The van der Waals surface area contributed by atoms with Crippen molar-refractivity contribution in [3.8, 4) is 0 Å². The van der Waals surface area contributed by atoms with Crippen LogP contribution in [-0.2, 0) is 18.9 Å². The molecule has 2 aliphatic heterocycles. The number of rotatable bonds is 3. The van der Waals surface area contributed by atoms with Crippen LogP contribution < -0.4 is 0 Å². The van der Waals surface area contributed by atoms with Crippen molar-refractivity contribution in [3.05, 3.63) is 0 Å². The topological polar surface area (TPSA) is 36.9 Å². The lowest BCUT2D eigenvalue weighted by Gasteiger charge is -2.41. The maximum absolute atomic E-state index is 6.51. The monoisotopic (exact) mass is 366 g/mol. The van der Waals surface area contributed by atoms with Crippen molar-refractivity contribution in [2.75, 3.05) is 19.8 Å². The third-order valence-electron chi connectivity index (χ3n) is 7.61. The van der Waals surface area contributed by atoms with Crippen molar-refractivity contribution in [2.24, 2.45) is 23.2 Å². The Morgan fingerprint density at radius 3 is 2.23 bits per heavy atom. The summed E-state index contributed by atoms with van der Waals surface area (Å²) in [6, 6.07) is 0. The van der Waals surface area contributed by atoms with E-state index in [9.17, 15) is 0 Å². The normalized spacial score (nSPS) is 41.3. The van der Waals surface area contributed by atoms with Crippen LogP contribution in [0.2, 0.25) is 0 Å². The van der Waals surface area contributed by atoms with Crippen molar-refractivity contribution in [2.45, 2.75) is 96.7 Å². The molecule has 0 aromatic heterocycles. The number of hydrogen-bond donors (Lipinski definition) is 0. The molecule has 2 saturated carbocycles. The van der Waals surface area contributed by atoms with Gasteiger partial charge in [-0.15, -0.1) is 0 Å². The smallest absolute Gasteiger partial charge is 0.168 e. The molecule has 4 nitrogen and oxygen atoms in total. The van der Waals surface area contributed by atoms with Gasteiger partial charge in [0.05, 0.1) is 25.9 Å². The Morgan fingerprint density at radius 1 is 0.923 bits per heavy atom. The summed E-state index contributed by atoms with van der Waals surface area (Å²) in [7, 11) is 0. The van der Waals surface area contributed by atoms with Gasteiger partial charge in [0.15, 0.2) is 11.6 Å². The zero-order chi connectivity index (χ0) is 18.4. The molecule has 2 heterocycles. The van der Waals surface area contributed by atoms with Gasteiger partial charge in [-0.2, -0.15) is 0 Å². The maximum Gasteiger partial charge on any atom is 0.168 e. The maximum atomic E-state index is 6.51. The van der Waals surface area contributed by atoms with E-state index < -0.39 is 0 Å². The summed E-state index contributed by atoms with van der Waals surface area (Å²) in [4.78, 5) is 0. The largest absolute Gasteiger partial charge is 0.348 e. The van der Waals surface area contributed by atoms with Crippen LogP contribution >= 0.6 is 0 Å². The molecular formula is C22H38O4. The Kier molecular flexibility index (Phi) is 5.18. The first-order valence-corrected chi connectivity index (χ1v) is 10.9. The quantitative estimate of drug-likeness (QED) is 0.711. The van der Waals surface area contributed by atoms with E-state index in [2.05, 4.69) is 27.7 Å². The first-order chi connectivity index (χ1) is 12.3. The lowest BCUT2D eigenvalue weighted by atomic mass is 9.71. The van der Waals surface area contributed by atoms with E-state index in [1.807, 2.05) is 0 Å². The van der Waals surface area contributed by atoms with Gasteiger partial charge >= 0.3 is 0 Å². The van der Waals surface area contributed by atoms with E-state index in [1.165, 1.54) is 19.3 Å². The van der Waals surface area contributed by atoms with E-state index in [0.29, 0.717) is 17.3 Å². The molecule has 0 aromatic rings. The second kappa shape index (κ2) is 7.02. The minimum atomic E-state index is -0.277. The van der Waals surface area contributed by atoms with Crippen molar-refractivity contribution in [1.29, 1.82) is 0 Å². The summed E-state index contributed by atoms with van der Waals surface area (Å²) < 4.78 is 24.6. The predicted octanol–water partition coefficient (Wildman–Crippen LogP) is 4.90. The summed E-state index contributed by atoms with van der Waals surface area (Å²) in [5.41, 5.74) is 0.400. The van der Waals surface area contributed by atoms with E-state index in [0.717, 1.165) is 57.8 Å². The molecule has 0 radical (unpaired) electrons. The fourth-order valence-electron chi connectivity index (χ4n) is 5.78.